The van der Waals surface area contributed by atoms with E-state index in [9.17, 15) is 4.79 Å². The molecule has 5 heteroatoms. The van der Waals surface area contributed by atoms with Crippen molar-refractivity contribution in [1.82, 2.24) is 5.32 Å². The zero-order chi connectivity index (χ0) is 14.4. The van der Waals surface area contributed by atoms with Gasteiger partial charge in [-0.15, -0.1) is 0 Å². The number of nitrogens with one attached hydrogen (secondary N) is 1. The zero-order valence-electron chi connectivity index (χ0n) is 11.9. The molecular weight excluding hydrogens is 256 g/mol. The van der Waals surface area contributed by atoms with Crippen LogP contribution in [0.3, 0.4) is 0 Å². The van der Waals surface area contributed by atoms with Gasteiger partial charge in [0.05, 0.1) is 12.1 Å². The number of ether oxygens (including phenoxy) is 2. The van der Waals surface area contributed by atoms with Gasteiger partial charge in [0.1, 0.15) is 12.4 Å². The average Bonchev–Trinajstić information content (AvgIpc) is 2.46. The second-order valence-electron chi connectivity index (χ2n) is 5.19. The van der Waals surface area contributed by atoms with Crippen molar-refractivity contribution >= 4 is 5.91 Å². The third kappa shape index (κ3) is 3.95. The first kappa shape index (κ1) is 14.8. The highest BCUT2D eigenvalue weighted by molar-refractivity contribution is 5.86. The monoisotopic (exact) mass is 278 g/mol. The molecule has 5 nitrogen and oxygen atoms in total. The number of carbonyl (C=O) groups is 1. The Hall–Kier alpha value is -1.59. The maximum Gasteiger partial charge on any atom is 0.240 e. The van der Waals surface area contributed by atoms with Crippen LogP contribution in [0.5, 0.6) is 5.75 Å². The van der Waals surface area contributed by atoms with Gasteiger partial charge in [-0.05, 0) is 31.9 Å². The minimum atomic E-state index is -0.790. The minimum absolute atomic E-state index is 0.117. The molecule has 1 saturated heterocycles. The van der Waals surface area contributed by atoms with Crippen LogP contribution in [0.4, 0.5) is 0 Å². The van der Waals surface area contributed by atoms with Crippen LogP contribution in [-0.2, 0) is 9.53 Å². The van der Waals surface area contributed by atoms with Gasteiger partial charge in [0.25, 0.3) is 0 Å². The summed E-state index contributed by atoms with van der Waals surface area (Å²) in [4.78, 5) is 12.0. The lowest BCUT2D eigenvalue weighted by atomic mass is 9.90. The maximum absolute atomic E-state index is 12.0. The molecule has 1 fully saturated rings. The van der Waals surface area contributed by atoms with E-state index < -0.39 is 5.54 Å². The molecule has 1 aliphatic heterocycles. The molecule has 2 rings (SSSR count). The first-order valence-corrected chi connectivity index (χ1v) is 6.94. The zero-order valence-corrected chi connectivity index (χ0v) is 11.9. The van der Waals surface area contributed by atoms with Crippen molar-refractivity contribution < 1.29 is 14.3 Å². The molecule has 1 amide bonds. The van der Waals surface area contributed by atoms with Crippen LogP contribution in [0, 0.1) is 6.92 Å². The summed E-state index contributed by atoms with van der Waals surface area (Å²) in [7, 11) is 0. The molecule has 0 atom stereocenters. The van der Waals surface area contributed by atoms with E-state index in [2.05, 4.69) is 5.32 Å². The van der Waals surface area contributed by atoms with E-state index in [0.29, 0.717) is 39.2 Å². The lowest BCUT2D eigenvalue weighted by Crippen LogP contribution is -2.57. The lowest BCUT2D eigenvalue weighted by Gasteiger charge is -2.31. The molecule has 3 N–H and O–H groups in total. The van der Waals surface area contributed by atoms with Gasteiger partial charge in [0, 0.05) is 13.2 Å². The van der Waals surface area contributed by atoms with Gasteiger partial charge in [-0.2, -0.15) is 0 Å². The topological polar surface area (TPSA) is 73.6 Å². The van der Waals surface area contributed by atoms with E-state index in [1.165, 1.54) is 5.56 Å². The number of hydrogen-bond acceptors (Lipinski definition) is 4. The van der Waals surface area contributed by atoms with Gasteiger partial charge in [0.15, 0.2) is 0 Å². The van der Waals surface area contributed by atoms with Crippen LogP contribution in [0.1, 0.15) is 18.4 Å². The molecule has 1 aromatic carbocycles. The molecule has 1 heterocycles. The number of nitrogens with two attached hydrogens (primary N) is 1. The van der Waals surface area contributed by atoms with Crippen molar-refractivity contribution in [1.29, 1.82) is 0 Å². The van der Waals surface area contributed by atoms with Crippen LogP contribution in [0.15, 0.2) is 24.3 Å². The maximum atomic E-state index is 12.0. The fraction of sp³-hybridized carbons (Fsp3) is 0.533. The van der Waals surface area contributed by atoms with Gasteiger partial charge in [-0.25, -0.2) is 0 Å². The van der Waals surface area contributed by atoms with Crippen LogP contribution in [0.2, 0.25) is 0 Å². The summed E-state index contributed by atoms with van der Waals surface area (Å²) in [5.41, 5.74) is 6.48. The molecular formula is C15H22N2O3. The van der Waals surface area contributed by atoms with Crippen molar-refractivity contribution in [3.63, 3.8) is 0 Å². The number of amides is 1. The second kappa shape index (κ2) is 6.72. The molecule has 0 spiro atoms. The highest BCUT2D eigenvalue weighted by Gasteiger charge is 2.35. The Balaban J connectivity index is 1.70. The summed E-state index contributed by atoms with van der Waals surface area (Å²) in [5.74, 6) is 0.687. The summed E-state index contributed by atoms with van der Waals surface area (Å²) in [6.45, 7) is 4.00. The van der Waals surface area contributed by atoms with Gasteiger partial charge in [0.2, 0.25) is 5.91 Å². The average molecular weight is 278 g/mol. The molecule has 0 unspecified atom stereocenters. The third-order valence-corrected chi connectivity index (χ3v) is 3.51. The number of benzene rings is 1. The van der Waals surface area contributed by atoms with Crippen molar-refractivity contribution in [2.24, 2.45) is 5.73 Å². The van der Waals surface area contributed by atoms with Gasteiger partial charge < -0.3 is 20.5 Å². The van der Waals surface area contributed by atoms with Crippen molar-refractivity contribution in [2.75, 3.05) is 26.4 Å². The molecule has 1 aromatic rings. The van der Waals surface area contributed by atoms with Gasteiger partial charge >= 0.3 is 0 Å². The van der Waals surface area contributed by atoms with Crippen molar-refractivity contribution in [2.45, 2.75) is 25.3 Å². The molecule has 0 aromatic heterocycles. The van der Waals surface area contributed by atoms with Crippen LogP contribution >= 0.6 is 0 Å². The molecule has 0 bridgehead atoms. The number of carbonyl (C=O) groups excluding carboxylic acids is 1. The van der Waals surface area contributed by atoms with E-state index in [1.807, 2.05) is 31.2 Å². The van der Waals surface area contributed by atoms with E-state index in [-0.39, 0.29) is 5.91 Å². The molecule has 0 saturated carbocycles. The Labute approximate surface area is 119 Å². The van der Waals surface area contributed by atoms with Gasteiger partial charge in [-0.3, -0.25) is 4.79 Å². The molecule has 20 heavy (non-hydrogen) atoms. The van der Waals surface area contributed by atoms with E-state index >= 15 is 0 Å². The molecule has 0 aliphatic carbocycles. The summed E-state index contributed by atoms with van der Waals surface area (Å²) < 4.78 is 10.8. The standard InChI is InChI=1S/C15H22N2O3/c1-12-2-4-13(5-3-12)20-11-8-17-14(18)15(16)6-9-19-10-7-15/h2-5H,6-11,16H2,1H3,(H,17,18). The second-order valence-corrected chi connectivity index (χ2v) is 5.19. The summed E-state index contributed by atoms with van der Waals surface area (Å²) in [6, 6.07) is 7.82. The van der Waals surface area contributed by atoms with Crippen LogP contribution < -0.4 is 15.8 Å². The van der Waals surface area contributed by atoms with Gasteiger partial charge in [-0.1, -0.05) is 17.7 Å². The Morgan fingerprint density at radius 2 is 2.00 bits per heavy atom. The molecule has 110 valence electrons. The minimum Gasteiger partial charge on any atom is -0.492 e. The number of hydrogen-bond donors (Lipinski definition) is 2. The number of aryl methyl sites for hydroxylation is 1. The summed E-state index contributed by atoms with van der Waals surface area (Å²) in [6.07, 6.45) is 1.13. The van der Waals surface area contributed by atoms with E-state index in [0.717, 1.165) is 5.75 Å². The van der Waals surface area contributed by atoms with E-state index in [1.54, 1.807) is 0 Å². The van der Waals surface area contributed by atoms with Crippen LogP contribution in [-0.4, -0.2) is 37.8 Å². The lowest BCUT2D eigenvalue weighted by molar-refractivity contribution is -0.129. The predicted octanol–water partition coefficient (Wildman–Crippen LogP) is 0.998. The molecule has 0 radical (unpaired) electrons. The van der Waals surface area contributed by atoms with Crippen molar-refractivity contribution in [3.8, 4) is 5.75 Å². The Kier molecular flexibility index (Phi) is 4.98. The fourth-order valence-corrected chi connectivity index (χ4v) is 2.11. The SMILES string of the molecule is Cc1ccc(OCCNC(=O)C2(N)CCOCC2)cc1. The first-order chi connectivity index (χ1) is 9.60. The summed E-state index contributed by atoms with van der Waals surface area (Å²) >= 11 is 0. The Morgan fingerprint density at radius 3 is 2.65 bits per heavy atom. The highest BCUT2D eigenvalue weighted by atomic mass is 16.5. The van der Waals surface area contributed by atoms with E-state index in [4.69, 9.17) is 15.2 Å². The smallest absolute Gasteiger partial charge is 0.240 e. The quantitative estimate of drug-likeness (QED) is 0.788. The van der Waals surface area contributed by atoms with Crippen LogP contribution in [0.25, 0.3) is 0 Å². The normalized spacial score (nSPS) is 17.5. The van der Waals surface area contributed by atoms with Crippen molar-refractivity contribution in [3.05, 3.63) is 29.8 Å². The Bertz CT molecular complexity index is 439. The third-order valence-electron chi connectivity index (χ3n) is 3.51. The first-order valence-electron chi connectivity index (χ1n) is 6.94. The Morgan fingerprint density at radius 1 is 1.35 bits per heavy atom. The fourth-order valence-electron chi connectivity index (χ4n) is 2.11. The highest BCUT2D eigenvalue weighted by Crippen LogP contribution is 2.17. The largest absolute Gasteiger partial charge is 0.492 e. The summed E-state index contributed by atoms with van der Waals surface area (Å²) in [5, 5.41) is 2.83. The predicted molar refractivity (Wildman–Crippen MR) is 76.7 cm³/mol. The number of rotatable bonds is 5. The molecule has 1 aliphatic rings.